The Labute approximate surface area is 171 Å². The Morgan fingerprint density at radius 1 is 0.963 bits per heavy atom. The lowest BCUT2D eigenvalue weighted by atomic mass is 10.0. The van der Waals surface area contributed by atoms with Crippen LogP contribution in [0.1, 0.15) is 41.9 Å². The summed E-state index contributed by atoms with van der Waals surface area (Å²) in [5.41, 5.74) is 6.79. The van der Waals surface area contributed by atoms with Crippen molar-refractivity contribution in [2.45, 2.75) is 46.4 Å². The van der Waals surface area contributed by atoms with Gasteiger partial charge in [-0.1, -0.05) is 43.8 Å². The summed E-state index contributed by atoms with van der Waals surface area (Å²) in [6.07, 6.45) is 2.35. The van der Waals surface area contributed by atoms with Crippen molar-refractivity contribution >= 4 is 44.3 Å². The quantitative estimate of drug-likeness (QED) is 0.431. The molecule has 0 spiro atoms. The molecule has 0 aliphatic carbocycles. The second-order valence-electron chi connectivity index (χ2n) is 6.78. The Morgan fingerprint density at radius 3 is 2.33 bits per heavy atom. The van der Waals surface area contributed by atoms with E-state index < -0.39 is 0 Å². The summed E-state index contributed by atoms with van der Waals surface area (Å²) in [5, 5.41) is 4.03. The van der Waals surface area contributed by atoms with Crippen LogP contribution in [0.2, 0.25) is 0 Å². The number of fused-ring (bicyclic) bond motifs is 3. The number of pyridine rings is 1. The van der Waals surface area contributed by atoms with Crippen LogP contribution in [0.15, 0.2) is 34.2 Å². The van der Waals surface area contributed by atoms with E-state index in [4.69, 9.17) is 0 Å². The third-order valence-corrected chi connectivity index (χ3v) is 8.15. The highest BCUT2D eigenvalue weighted by atomic mass is 32.2. The second kappa shape index (κ2) is 7.69. The van der Waals surface area contributed by atoms with Gasteiger partial charge in [-0.3, -0.25) is 0 Å². The van der Waals surface area contributed by atoms with Gasteiger partial charge in [-0.25, -0.2) is 0 Å². The zero-order valence-electron chi connectivity index (χ0n) is 17.6. The molecule has 2 nitrogen and oxygen atoms in total. The average molecular weight is 398 g/mol. The van der Waals surface area contributed by atoms with Crippen LogP contribution in [0.4, 0.5) is 5.00 Å². The molecule has 0 radical (unpaired) electrons. The second-order valence-corrected chi connectivity index (χ2v) is 8.84. The lowest BCUT2D eigenvalue weighted by molar-refractivity contribution is -0.680. The molecule has 0 N–H and O–H groups in total. The monoisotopic (exact) mass is 397 g/mol. The highest BCUT2D eigenvalue weighted by molar-refractivity contribution is 8.04. The summed E-state index contributed by atoms with van der Waals surface area (Å²) < 4.78 is 3.69. The van der Waals surface area contributed by atoms with E-state index in [-0.39, 0.29) is 0 Å². The molecule has 27 heavy (non-hydrogen) atoms. The lowest BCUT2D eigenvalue weighted by Crippen LogP contribution is -2.38. The summed E-state index contributed by atoms with van der Waals surface area (Å²) in [6.45, 7) is 12.9. The largest absolute Gasteiger partial charge is 0.330 e. The number of aromatic nitrogens is 1. The van der Waals surface area contributed by atoms with Crippen LogP contribution in [0.3, 0.4) is 0 Å². The first kappa shape index (κ1) is 20.0. The maximum absolute atomic E-state index is 2.35. The third kappa shape index (κ3) is 3.19. The molecule has 0 atom stereocenters. The number of benzene rings is 1. The minimum absolute atomic E-state index is 1.30. The summed E-state index contributed by atoms with van der Waals surface area (Å²) in [7, 11) is 4.36. The van der Waals surface area contributed by atoms with E-state index in [1.807, 2.05) is 36.9 Å². The molecular weight excluding hydrogens is 368 g/mol. The van der Waals surface area contributed by atoms with Crippen molar-refractivity contribution in [3.8, 4) is 0 Å². The van der Waals surface area contributed by atoms with Gasteiger partial charge < -0.3 is 4.90 Å². The summed E-state index contributed by atoms with van der Waals surface area (Å²) >= 11 is 3.78. The van der Waals surface area contributed by atoms with Crippen molar-refractivity contribution in [3.05, 3.63) is 57.4 Å². The number of hydrogen-bond acceptors (Lipinski definition) is 3. The lowest BCUT2D eigenvalue weighted by Gasteiger charge is -2.14. The van der Waals surface area contributed by atoms with Gasteiger partial charge in [0, 0.05) is 41.3 Å². The first-order valence-corrected chi connectivity index (χ1v) is 11.1. The SMILES string of the molecule is CC.Cc1c(C)c(C)[n+](C)c(/C=C2\Sc3c(sc4ccccc34)N2C)c1C. The highest BCUT2D eigenvalue weighted by Crippen LogP contribution is 2.53. The van der Waals surface area contributed by atoms with E-state index in [9.17, 15) is 0 Å². The molecule has 0 amide bonds. The average Bonchev–Trinajstić information content (AvgIpc) is 3.20. The Bertz CT molecular complexity index is 1020. The number of hydrogen-bond donors (Lipinski definition) is 0. The van der Waals surface area contributed by atoms with Gasteiger partial charge in [0.2, 0.25) is 5.69 Å². The predicted molar refractivity (Wildman–Crippen MR) is 122 cm³/mol. The van der Waals surface area contributed by atoms with Gasteiger partial charge in [0.25, 0.3) is 0 Å². The molecule has 1 aliphatic rings. The predicted octanol–water partition coefficient (Wildman–Crippen LogP) is 6.53. The van der Waals surface area contributed by atoms with Crippen molar-refractivity contribution in [1.82, 2.24) is 0 Å². The van der Waals surface area contributed by atoms with E-state index in [1.165, 1.54) is 53.1 Å². The van der Waals surface area contributed by atoms with Gasteiger partial charge in [-0.2, -0.15) is 4.57 Å². The molecule has 2 aromatic heterocycles. The molecule has 0 fully saturated rings. The standard InChI is InChI=1S/C21H23N2S2.C2H6/c1-12-13(2)15(4)22(5)17(14(12)3)11-19-23(6)21-20(25-19)16-9-7-8-10-18(16)24-21;1-2/h7-11H,1-6H3;1-2H3/q+1;. The van der Waals surface area contributed by atoms with Gasteiger partial charge >= 0.3 is 0 Å². The topological polar surface area (TPSA) is 7.12 Å². The highest BCUT2D eigenvalue weighted by Gasteiger charge is 2.28. The molecule has 3 heterocycles. The Morgan fingerprint density at radius 2 is 1.63 bits per heavy atom. The van der Waals surface area contributed by atoms with Crippen LogP contribution in [-0.2, 0) is 7.05 Å². The molecule has 4 rings (SSSR count). The summed E-state index contributed by atoms with van der Waals surface area (Å²) in [6, 6.07) is 8.71. The van der Waals surface area contributed by atoms with Crippen molar-refractivity contribution in [2.75, 3.05) is 11.9 Å². The summed E-state index contributed by atoms with van der Waals surface area (Å²) in [5.74, 6) is 0. The number of thiophene rings is 1. The fraction of sp³-hybridized carbons (Fsp3) is 0.348. The van der Waals surface area contributed by atoms with Crippen LogP contribution in [0, 0.1) is 27.7 Å². The maximum atomic E-state index is 2.35. The number of nitrogens with zero attached hydrogens (tertiary/aromatic N) is 2. The van der Waals surface area contributed by atoms with Crippen molar-refractivity contribution in [3.63, 3.8) is 0 Å². The molecule has 142 valence electrons. The molecule has 0 saturated heterocycles. The molecule has 1 aromatic carbocycles. The maximum Gasteiger partial charge on any atom is 0.211 e. The summed E-state index contributed by atoms with van der Waals surface area (Å²) in [4.78, 5) is 3.74. The van der Waals surface area contributed by atoms with Crippen LogP contribution in [0.5, 0.6) is 0 Å². The number of anilines is 1. The zero-order valence-corrected chi connectivity index (χ0v) is 19.2. The Hall–Kier alpha value is -1.78. The zero-order chi connectivity index (χ0) is 19.9. The fourth-order valence-electron chi connectivity index (χ4n) is 3.48. The molecule has 4 heteroatoms. The first-order chi connectivity index (χ1) is 12.9. The fourth-order valence-corrected chi connectivity index (χ4v) is 6.04. The normalized spacial score (nSPS) is 14.5. The third-order valence-electron chi connectivity index (χ3n) is 5.55. The first-order valence-electron chi connectivity index (χ1n) is 9.51. The molecule has 1 aliphatic heterocycles. The van der Waals surface area contributed by atoms with Gasteiger partial charge in [0.15, 0.2) is 5.69 Å². The van der Waals surface area contributed by atoms with E-state index >= 15 is 0 Å². The molecule has 0 bridgehead atoms. The molecule has 3 aromatic rings. The van der Waals surface area contributed by atoms with E-state index in [0.29, 0.717) is 0 Å². The van der Waals surface area contributed by atoms with E-state index in [2.05, 4.69) is 81.6 Å². The van der Waals surface area contributed by atoms with Gasteiger partial charge in [-0.15, -0.1) is 11.3 Å². The molecule has 0 saturated carbocycles. The number of rotatable bonds is 1. The number of thioether (sulfide) groups is 1. The van der Waals surface area contributed by atoms with Crippen LogP contribution >= 0.6 is 23.1 Å². The molecular formula is C23H29N2S2+. The molecule has 0 unspecified atom stereocenters. The van der Waals surface area contributed by atoms with Crippen molar-refractivity contribution in [2.24, 2.45) is 7.05 Å². The van der Waals surface area contributed by atoms with Gasteiger partial charge in [0.1, 0.15) is 12.0 Å². The van der Waals surface area contributed by atoms with Gasteiger partial charge in [-0.05, 0) is 32.4 Å². The van der Waals surface area contributed by atoms with Crippen LogP contribution in [-0.4, -0.2) is 7.05 Å². The smallest absolute Gasteiger partial charge is 0.211 e. The minimum atomic E-state index is 1.30. The van der Waals surface area contributed by atoms with Crippen LogP contribution < -0.4 is 9.47 Å². The van der Waals surface area contributed by atoms with Crippen molar-refractivity contribution in [1.29, 1.82) is 0 Å². The Kier molecular flexibility index (Phi) is 5.68. The van der Waals surface area contributed by atoms with E-state index in [0.717, 1.165) is 0 Å². The van der Waals surface area contributed by atoms with E-state index in [1.54, 1.807) is 0 Å². The Balaban J connectivity index is 0.00000102. The van der Waals surface area contributed by atoms with Crippen molar-refractivity contribution < 1.29 is 4.57 Å². The van der Waals surface area contributed by atoms with Gasteiger partial charge in [0.05, 0.1) is 9.92 Å². The minimum Gasteiger partial charge on any atom is -0.330 e. The van der Waals surface area contributed by atoms with Crippen LogP contribution in [0.25, 0.3) is 16.2 Å².